The minimum absolute atomic E-state index is 0. The number of amides is 1. The van der Waals surface area contributed by atoms with E-state index < -0.39 is 12.2 Å². The second-order valence-corrected chi connectivity index (χ2v) is 6.42. The van der Waals surface area contributed by atoms with Gasteiger partial charge in [-0.25, -0.2) is 0 Å². The second kappa shape index (κ2) is 10.8. The van der Waals surface area contributed by atoms with Gasteiger partial charge in [0.2, 0.25) is 0 Å². The highest BCUT2D eigenvalue weighted by Gasteiger charge is 2.41. The summed E-state index contributed by atoms with van der Waals surface area (Å²) in [5, 5.41) is 5.80. The molecular formula is C18H27F3IN5O. The van der Waals surface area contributed by atoms with Crippen LogP contribution in [0.25, 0.3) is 0 Å². The quantitative estimate of drug-likeness (QED) is 0.369. The molecule has 0 saturated carbocycles. The minimum Gasteiger partial charge on any atom is -0.355 e. The molecule has 1 unspecified atom stereocenters. The summed E-state index contributed by atoms with van der Waals surface area (Å²) in [6.07, 6.45) is -4.21. The van der Waals surface area contributed by atoms with Gasteiger partial charge in [-0.2, -0.15) is 13.2 Å². The van der Waals surface area contributed by atoms with Crippen LogP contribution in [0.2, 0.25) is 0 Å². The third-order valence-corrected chi connectivity index (χ3v) is 4.71. The summed E-state index contributed by atoms with van der Waals surface area (Å²) < 4.78 is 38.6. The Kier molecular flexibility index (Phi) is 9.48. The zero-order chi connectivity index (χ0) is 20.0. The molecular weight excluding hydrogens is 486 g/mol. The first-order valence-electron chi connectivity index (χ1n) is 8.83. The number of piperazine rings is 1. The molecule has 0 bridgehead atoms. The number of nitrogens with zero attached hydrogens (tertiary/aromatic N) is 3. The van der Waals surface area contributed by atoms with E-state index in [1.54, 1.807) is 26.2 Å². The molecule has 0 aromatic heterocycles. The molecule has 2 rings (SSSR count). The maximum Gasteiger partial charge on any atom is 0.403 e. The number of guanidine groups is 1. The summed E-state index contributed by atoms with van der Waals surface area (Å²) in [6.45, 7) is 3.26. The van der Waals surface area contributed by atoms with E-state index in [1.165, 1.54) is 11.8 Å². The lowest BCUT2D eigenvalue weighted by Crippen LogP contribution is -2.56. The smallest absolute Gasteiger partial charge is 0.355 e. The van der Waals surface area contributed by atoms with E-state index in [0.717, 1.165) is 5.56 Å². The first kappa shape index (κ1) is 24.5. The van der Waals surface area contributed by atoms with E-state index in [2.05, 4.69) is 15.6 Å². The normalized spacial score (nSPS) is 16.9. The zero-order valence-corrected chi connectivity index (χ0v) is 18.5. The summed E-state index contributed by atoms with van der Waals surface area (Å²) in [6, 6.07) is 5.79. The van der Waals surface area contributed by atoms with Gasteiger partial charge in [-0.15, -0.1) is 24.0 Å². The van der Waals surface area contributed by atoms with Crippen LogP contribution in [-0.4, -0.2) is 74.2 Å². The van der Waals surface area contributed by atoms with E-state index >= 15 is 0 Å². The van der Waals surface area contributed by atoms with Crippen LogP contribution >= 0.6 is 24.0 Å². The van der Waals surface area contributed by atoms with Crippen molar-refractivity contribution >= 4 is 35.8 Å². The van der Waals surface area contributed by atoms with Gasteiger partial charge in [0.15, 0.2) is 5.96 Å². The second-order valence-electron chi connectivity index (χ2n) is 6.42. The van der Waals surface area contributed by atoms with Gasteiger partial charge >= 0.3 is 6.18 Å². The molecule has 0 spiro atoms. The summed E-state index contributed by atoms with van der Waals surface area (Å²) in [7, 11) is 3.22. The molecule has 1 atom stereocenters. The number of aliphatic imine (C=N–C) groups is 1. The molecule has 158 valence electrons. The van der Waals surface area contributed by atoms with Gasteiger partial charge in [0.1, 0.15) is 6.04 Å². The number of rotatable bonds is 4. The lowest BCUT2D eigenvalue weighted by Gasteiger charge is -2.39. The number of halogens is 4. The van der Waals surface area contributed by atoms with E-state index in [0.29, 0.717) is 44.2 Å². The molecule has 0 aliphatic carbocycles. The van der Waals surface area contributed by atoms with Gasteiger partial charge in [0.05, 0.1) is 0 Å². The van der Waals surface area contributed by atoms with Gasteiger partial charge in [-0.3, -0.25) is 14.7 Å². The Morgan fingerprint density at radius 3 is 2.43 bits per heavy atom. The first-order valence-corrected chi connectivity index (χ1v) is 8.83. The lowest BCUT2D eigenvalue weighted by atomic mass is 10.1. The molecule has 28 heavy (non-hydrogen) atoms. The number of hydrogen-bond donors (Lipinski definition) is 2. The van der Waals surface area contributed by atoms with Crippen LogP contribution in [0.5, 0.6) is 0 Å². The highest BCUT2D eigenvalue weighted by molar-refractivity contribution is 14.0. The maximum atomic E-state index is 12.9. The van der Waals surface area contributed by atoms with Gasteiger partial charge in [-0.1, -0.05) is 12.1 Å². The average molecular weight is 513 g/mol. The molecule has 2 N–H and O–H groups in total. The predicted molar refractivity (Wildman–Crippen MR) is 114 cm³/mol. The first-order chi connectivity index (χ1) is 12.8. The molecule has 10 heteroatoms. The Balaban J connectivity index is 0.00000392. The van der Waals surface area contributed by atoms with Crippen molar-refractivity contribution in [1.29, 1.82) is 0 Å². The van der Waals surface area contributed by atoms with Crippen LogP contribution in [0, 0.1) is 0 Å². The highest BCUT2D eigenvalue weighted by Crippen LogP contribution is 2.25. The largest absolute Gasteiger partial charge is 0.403 e. The van der Waals surface area contributed by atoms with Crippen molar-refractivity contribution < 1.29 is 18.0 Å². The third-order valence-electron chi connectivity index (χ3n) is 4.71. The topological polar surface area (TPSA) is 60.0 Å². The van der Waals surface area contributed by atoms with Crippen LogP contribution in [-0.2, 0) is 6.54 Å². The summed E-state index contributed by atoms with van der Waals surface area (Å²) in [5.74, 6) is 0.482. The molecule has 1 amide bonds. The number of carbonyl (C=O) groups excluding carboxylic acids is 1. The Bertz CT molecular complexity index is 675. The molecule has 1 aromatic rings. The molecule has 1 aliphatic heterocycles. The lowest BCUT2D eigenvalue weighted by molar-refractivity contribution is -0.181. The van der Waals surface area contributed by atoms with Crippen LogP contribution in [0.3, 0.4) is 0 Å². The fourth-order valence-corrected chi connectivity index (χ4v) is 3.01. The van der Waals surface area contributed by atoms with Gasteiger partial charge in [-0.05, 0) is 24.6 Å². The van der Waals surface area contributed by atoms with Crippen molar-refractivity contribution in [3.8, 4) is 0 Å². The van der Waals surface area contributed by atoms with Crippen molar-refractivity contribution in [1.82, 2.24) is 20.4 Å². The predicted octanol–water partition coefficient (Wildman–Crippen LogP) is 2.31. The van der Waals surface area contributed by atoms with E-state index in [4.69, 9.17) is 0 Å². The van der Waals surface area contributed by atoms with Crippen molar-refractivity contribution in [3.63, 3.8) is 0 Å². The Morgan fingerprint density at radius 2 is 1.89 bits per heavy atom. The fourth-order valence-electron chi connectivity index (χ4n) is 3.01. The van der Waals surface area contributed by atoms with Crippen molar-refractivity contribution in [2.45, 2.75) is 25.7 Å². The van der Waals surface area contributed by atoms with E-state index in [9.17, 15) is 18.0 Å². The number of hydrogen-bond acceptors (Lipinski definition) is 3. The molecule has 1 heterocycles. The monoisotopic (exact) mass is 513 g/mol. The van der Waals surface area contributed by atoms with Crippen LogP contribution in [0.4, 0.5) is 13.2 Å². The van der Waals surface area contributed by atoms with Crippen LogP contribution < -0.4 is 10.6 Å². The molecule has 1 aliphatic rings. The van der Waals surface area contributed by atoms with Gasteiger partial charge in [0, 0.05) is 52.4 Å². The summed E-state index contributed by atoms with van der Waals surface area (Å²) in [5.41, 5.74) is 1.49. The number of carbonyl (C=O) groups is 1. The molecule has 1 fully saturated rings. The minimum atomic E-state index is -4.21. The Labute approximate surface area is 180 Å². The van der Waals surface area contributed by atoms with E-state index in [1.807, 2.05) is 17.0 Å². The van der Waals surface area contributed by atoms with Crippen molar-refractivity contribution in [2.24, 2.45) is 4.99 Å². The Hall–Kier alpha value is -1.56. The molecule has 0 radical (unpaired) electrons. The highest BCUT2D eigenvalue weighted by atomic mass is 127. The number of nitrogens with one attached hydrogen (secondary N) is 2. The fraction of sp³-hybridized carbons (Fsp3) is 0.556. The van der Waals surface area contributed by atoms with Crippen LogP contribution in [0.15, 0.2) is 29.3 Å². The standard InChI is InChI=1S/C18H26F3N5O.HI/c1-13(18(19,20)21)25-7-9-26(10-8-25)17(23-3)24-12-14-5-4-6-15(11-14)16(27)22-2;/h4-6,11,13H,7-10,12H2,1-3H3,(H,22,27)(H,23,24);1H. The van der Waals surface area contributed by atoms with Crippen molar-refractivity contribution in [2.75, 3.05) is 40.3 Å². The Morgan fingerprint density at radius 1 is 1.25 bits per heavy atom. The third kappa shape index (κ3) is 6.50. The van der Waals surface area contributed by atoms with Crippen LogP contribution in [0.1, 0.15) is 22.8 Å². The molecule has 1 aromatic carbocycles. The average Bonchev–Trinajstić information content (AvgIpc) is 2.67. The van der Waals surface area contributed by atoms with Crippen molar-refractivity contribution in [3.05, 3.63) is 35.4 Å². The maximum absolute atomic E-state index is 12.9. The van der Waals surface area contributed by atoms with E-state index in [-0.39, 0.29) is 29.9 Å². The molecule has 1 saturated heterocycles. The summed E-state index contributed by atoms with van der Waals surface area (Å²) in [4.78, 5) is 19.3. The number of benzene rings is 1. The number of alkyl halides is 3. The molecule has 6 nitrogen and oxygen atoms in total. The zero-order valence-electron chi connectivity index (χ0n) is 16.2. The SMILES string of the molecule is CN=C(NCc1cccc(C(=O)NC)c1)N1CCN(C(C)C(F)(F)F)CC1.I. The summed E-state index contributed by atoms with van der Waals surface area (Å²) >= 11 is 0. The van der Waals surface area contributed by atoms with Gasteiger partial charge < -0.3 is 15.5 Å². The van der Waals surface area contributed by atoms with Gasteiger partial charge in [0.25, 0.3) is 5.91 Å².